The second kappa shape index (κ2) is 8.82. The number of nitrogens with one attached hydrogen (secondary N) is 2. The van der Waals surface area contributed by atoms with Crippen LogP contribution in [-0.4, -0.2) is 64.1 Å². The number of quaternary nitrogens is 1. The Bertz CT molecular complexity index is 760. The molecule has 0 aliphatic carbocycles. The van der Waals surface area contributed by atoms with Crippen LogP contribution in [0.2, 0.25) is 0 Å². The van der Waals surface area contributed by atoms with Gasteiger partial charge in [-0.25, -0.2) is 4.79 Å². The van der Waals surface area contributed by atoms with E-state index < -0.39 is 0 Å². The second-order valence-electron chi connectivity index (χ2n) is 6.16. The molecule has 1 aliphatic heterocycles. The SMILES string of the molecule is CCOC(=O)c1cnc2c(OC)cccc2c1NCC[NH+]1CCOCC1. The van der Waals surface area contributed by atoms with E-state index in [1.165, 1.54) is 4.90 Å². The molecule has 2 aromatic rings. The van der Waals surface area contributed by atoms with Crippen molar-refractivity contribution in [2.45, 2.75) is 6.92 Å². The van der Waals surface area contributed by atoms with E-state index in [-0.39, 0.29) is 5.97 Å². The molecule has 0 radical (unpaired) electrons. The highest BCUT2D eigenvalue weighted by Gasteiger charge is 2.19. The average Bonchev–Trinajstić information content (AvgIpc) is 2.68. The lowest BCUT2D eigenvalue weighted by molar-refractivity contribution is -0.906. The van der Waals surface area contributed by atoms with Crippen LogP contribution in [0.15, 0.2) is 24.4 Å². The number of rotatable bonds is 7. The fourth-order valence-electron chi connectivity index (χ4n) is 3.19. The van der Waals surface area contributed by atoms with Crippen LogP contribution >= 0.6 is 0 Å². The number of methoxy groups -OCH3 is 1. The molecule has 0 bridgehead atoms. The maximum atomic E-state index is 12.4. The van der Waals surface area contributed by atoms with Crippen LogP contribution in [0, 0.1) is 0 Å². The van der Waals surface area contributed by atoms with Gasteiger partial charge in [0.25, 0.3) is 0 Å². The molecule has 0 unspecified atom stereocenters. The van der Waals surface area contributed by atoms with E-state index >= 15 is 0 Å². The number of anilines is 1. The van der Waals surface area contributed by atoms with E-state index in [9.17, 15) is 4.79 Å². The molecule has 140 valence electrons. The maximum absolute atomic E-state index is 12.4. The average molecular weight is 360 g/mol. The summed E-state index contributed by atoms with van der Waals surface area (Å²) in [5.41, 5.74) is 1.92. The second-order valence-corrected chi connectivity index (χ2v) is 6.16. The van der Waals surface area contributed by atoms with E-state index in [0.29, 0.717) is 17.9 Å². The molecular formula is C19H26N3O4+. The summed E-state index contributed by atoms with van der Waals surface area (Å²) in [7, 11) is 1.62. The van der Waals surface area contributed by atoms with Gasteiger partial charge in [0.05, 0.1) is 45.7 Å². The largest absolute Gasteiger partial charge is 0.494 e. The first kappa shape index (κ1) is 18.4. The molecule has 1 aromatic carbocycles. The molecule has 7 nitrogen and oxygen atoms in total. The van der Waals surface area contributed by atoms with Gasteiger partial charge in [-0.3, -0.25) is 4.98 Å². The van der Waals surface area contributed by atoms with Crippen molar-refractivity contribution in [3.63, 3.8) is 0 Å². The first-order chi connectivity index (χ1) is 12.7. The van der Waals surface area contributed by atoms with E-state index in [0.717, 1.165) is 56.0 Å². The number of carbonyl (C=O) groups is 1. The summed E-state index contributed by atoms with van der Waals surface area (Å²) in [5, 5.41) is 4.29. The van der Waals surface area contributed by atoms with Crippen LogP contribution in [0.4, 0.5) is 5.69 Å². The molecule has 1 aliphatic rings. The predicted octanol–water partition coefficient (Wildman–Crippen LogP) is 0.747. The minimum absolute atomic E-state index is 0.326. The number of nitrogens with zero attached hydrogens (tertiary/aromatic N) is 1. The zero-order chi connectivity index (χ0) is 18.4. The summed E-state index contributed by atoms with van der Waals surface area (Å²) >= 11 is 0. The number of aromatic nitrogens is 1. The lowest BCUT2D eigenvalue weighted by atomic mass is 10.1. The van der Waals surface area contributed by atoms with Crippen molar-refractivity contribution >= 4 is 22.6 Å². The fraction of sp³-hybridized carbons (Fsp3) is 0.474. The van der Waals surface area contributed by atoms with E-state index in [1.54, 1.807) is 20.2 Å². The third kappa shape index (κ3) is 4.05. The number of hydrogen-bond donors (Lipinski definition) is 2. The highest BCUT2D eigenvalue weighted by Crippen LogP contribution is 2.31. The van der Waals surface area contributed by atoms with Crippen molar-refractivity contribution < 1.29 is 23.9 Å². The van der Waals surface area contributed by atoms with Crippen molar-refractivity contribution in [3.8, 4) is 5.75 Å². The van der Waals surface area contributed by atoms with Crippen LogP contribution < -0.4 is 15.0 Å². The number of pyridine rings is 1. The van der Waals surface area contributed by atoms with Crippen molar-refractivity contribution in [2.24, 2.45) is 0 Å². The molecule has 0 saturated carbocycles. The summed E-state index contributed by atoms with van der Waals surface area (Å²) in [5.74, 6) is 0.311. The standard InChI is InChI=1S/C19H25N3O4/c1-3-26-19(23)15-13-21-18-14(5-4-6-16(18)24-2)17(15)20-7-8-22-9-11-25-12-10-22/h4-6,13H,3,7-12H2,1-2H3,(H,20,21)/p+1. The number of esters is 1. The molecule has 2 heterocycles. The molecular weight excluding hydrogens is 334 g/mol. The molecule has 3 rings (SSSR count). The van der Waals surface area contributed by atoms with Gasteiger partial charge in [-0.05, 0) is 13.0 Å². The zero-order valence-electron chi connectivity index (χ0n) is 15.3. The summed E-state index contributed by atoms with van der Waals surface area (Å²) in [6.07, 6.45) is 1.56. The predicted molar refractivity (Wildman–Crippen MR) is 99.1 cm³/mol. The van der Waals surface area contributed by atoms with Crippen LogP contribution in [-0.2, 0) is 9.47 Å². The molecule has 26 heavy (non-hydrogen) atoms. The highest BCUT2D eigenvalue weighted by molar-refractivity contribution is 6.06. The normalized spacial score (nSPS) is 15.0. The van der Waals surface area contributed by atoms with Crippen molar-refractivity contribution in [1.82, 2.24) is 4.98 Å². The van der Waals surface area contributed by atoms with Crippen LogP contribution in [0.25, 0.3) is 10.9 Å². The summed E-state index contributed by atoms with van der Waals surface area (Å²) in [4.78, 5) is 18.3. The van der Waals surface area contributed by atoms with Crippen LogP contribution in [0.3, 0.4) is 0 Å². The smallest absolute Gasteiger partial charge is 0.341 e. The lowest BCUT2D eigenvalue weighted by Crippen LogP contribution is -3.14. The first-order valence-electron chi connectivity index (χ1n) is 9.02. The van der Waals surface area contributed by atoms with Gasteiger partial charge in [-0.2, -0.15) is 0 Å². The van der Waals surface area contributed by atoms with Crippen molar-refractivity contribution in [3.05, 3.63) is 30.0 Å². The third-order valence-electron chi connectivity index (χ3n) is 4.56. The molecule has 1 saturated heterocycles. The van der Waals surface area contributed by atoms with Gasteiger partial charge >= 0.3 is 5.97 Å². The Morgan fingerprint density at radius 3 is 2.88 bits per heavy atom. The Hall–Kier alpha value is -2.38. The highest BCUT2D eigenvalue weighted by atomic mass is 16.5. The van der Waals surface area contributed by atoms with Gasteiger partial charge in [-0.15, -0.1) is 0 Å². The molecule has 1 aromatic heterocycles. The number of fused-ring (bicyclic) bond motifs is 1. The van der Waals surface area contributed by atoms with Gasteiger partial charge in [0.1, 0.15) is 29.9 Å². The monoisotopic (exact) mass is 360 g/mol. The van der Waals surface area contributed by atoms with Crippen molar-refractivity contribution in [1.29, 1.82) is 0 Å². The zero-order valence-corrected chi connectivity index (χ0v) is 15.3. The van der Waals surface area contributed by atoms with Gasteiger partial charge in [-0.1, -0.05) is 12.1 Å². The first-order valence-corrected chi connectivity index (χ1v) is 9.02. The molecule has 0 atom stereocenters. The minimum Gasteiger partial charge on any atom is -0.494 e. The summed E-state index contributed by atoms with van der Waals surface area (Å²) in [6.45, 7) is 7.46. The van der Waals surface area contributed by atoms with E-state index in [1.807, 2.05) is 18.2 Å². The number of benzene rings is 1. The number of hydrogen-bond acceptors (Lipinski definition) is 6. The Morgan fingerprint density at radius 1 is 1.35 bits per heavy atom. The lowest BCUT2D eigenvalue weighted by Gasteiger charge is -2.24. The van der Waals surface area contributed by atoms with Crippen molar-refractivity contribution in [2.75, 3.05) is 58.4 Å². The summed E-state index contributed by atoms with van der Waals surface area (Å²) in [6, 6.07) is 5.70. The maximum Gasteiger partial charge on any atom is 0.341 e. The Balaban J connectivity index is 1.87. The van der Waals surface area contributed by atoms with E-state index in [2.05, 4.69) is 10.3 Å². The Morgan fingerprint density at radius 2 is 2.15 bits per heavy atom. The molecule has 7 heteroatoms. The van der Waals surface area contributed by atoms with Gasteiger partial charge < -0.3 is 24.4 Å². The molecule has 0 amide bonds. The number of carbonyl (C=O) groups excluding carboxylic acids is 1. The van der Waals surface area contributed by atoms with E-state index in [4.69, 9.17) is 14.2 Å². The minimum atomic E-state index is -0.370. The van der Waals surface area contributed by atoms with Gasteiger partial charge in [0.2, 0.25) is 0 Å². The van der Waals surface area contributed by atoms with Crippen LogP contribution in [0.5, 0.6) is 5.75 Å². The Labute approximate surface area is 153 Å². The topological polar surface area (TPSA) is 74.1 Å². The number of morpholine rings is 1. The quantitative estimate of drug-likeness (QED) is 0.710. The fourth-order valence-corrected chi connectivity index (χ4v) is 3.19. The number of ether oxygens (including phenoxy) is 3. The van der Waals surface area contributed by atoms with Gasteiger partial charge in [0, 0.05) is 11.6 Å². The molecule has 0 spiro atoms. The number of para-hydroxylation sites is 1. The molecule has 1 fully saturated rings. The van der Waals surface area contributed by atoms with Gasteiger partial charge in [0.15, 0.2) is 0 Å². The third-order valence-corrected chi connectivity index (χ3v) is 4.56. The van der Waals surface area contributed by atoms with Crippen LogP contribution in [0.1, 0.15) is 17.3 Å². The molecule has 2 N–H and O–H groups in total. The Kier molecular flexibility index (Phi) is 6.25. The summed E-state index contributed by atoms with van der Waals surface area (Å²) < 4.78 is 16.0.